The Labute approximate surface area is 155 Å². The summed E-state index contributed by atoms with van der Waals surface area (Å²) in [5, 5.41) is 9.97. The van der Waals surface area contributed by atoms with E-state index in [0.717, 1.165) is 5.47 Å². The van der Waals surface area contributed by atoms with Crippen LogP contribution >= 0.6 is 0 Å². The SMILES string of the molecule is C=C/C=C(\C=C(\O)C=C)N1B(C(/C=C\C)=C/C=C\C)Oc2cccnc21. The van der Waals surface area contributed by atoms with Crippen LogP contribution in [0.25, 0.3) is 0 Å². The highest BCUT2D eigenvalue weighted by Gasteiger charge is 2.41. The number of fused-ring (bicyclic) bond motifs is 1. The highest BCUT2D eigenvalue weighted by molar-refractivity contribution is 6.68. The Morgan fingerprint density at radius 1 is 1.27 bits per heavy atom. The number of allylic oxidation sites excluding steroid dienone is 10. The molecule has 0 radical (unpaired) electrons. The smallest absolute Gasteiger partial charge is 0.525 e. The van der Waals surface area contributed by atoms with Gasteiger partial charge in [0.2, 0.25) is 0 Å². The van der Waals surface area contributed by atoms with Gasteiger partial charge in [0.1, 0.15) is 11.5 Å². The monoisotopic (exact) mass is 346 g/mol. The predicted molar refractivity (Wildman–Crippen MR) is 110 cm³/mol. The van der Waals surface area contributed by atoms with Gasteiger partial charge < -0.3 is 14.6 Å². The van der Waals surface area contributed by atoms with Crippen LogP contribution in [0.4, 0.5) is 5.82 Å². The number of hydrogen-bond donors (Lipinski definition) is 1. The van der Waals surface area contributed by atoms with E-state index in [1.807, 2.05) is 61.2 Å². The number of hydrogen-bond acceptors (Lipinski definition) is 4. The molecule has 4 nitrogen and oxygen atoms in total. The number of aliphatic hydroxyl groups excluding tert-OH is 1. The number of rotatable bonds is 7. The fourth-order valence-corrected chi connectivity index (χ4v) is 2.56. The van der Waals surface area contributed by atoms with Gasteiger partial charge in [-0.1, -0.05) is 49.6 Å². The minimum Gasteiger partial charge on any atom is -0.535 e. The highest BCUT2D eigenvalue weighted by Crippen LogP contribution is 2.38. The van der Waals surface area contributed by atoms with Gasteiger partial charge in [-0.15, -0.1) is 0 Å². The molecule has 0 spiro atoms. The Balaban J connectivity index is 2.63. The van der Waals surface area contributed by atoms with E-state index < -0.39 is 7.05 Å². The average Bonchev–Trinajstić information content (AvgIpc) is 3.03. The zero-order chi connectivity index (χ0) is 18.9. The van der Waals surface area contributed by atoms with Crippen molar-refractivity contribution >= 4 is 12.9 Å². The summed E-state index contributed by atoms with van der Waals surface area (Å²) in [4.78, 5) is 6.39. The van der Waals surface area contributed by atoms with E-state index in [9.17, 15) is 5.11 Å². The molecule has 1 aliphatic rings. The summed E-state index contributed by atoms with van der Waals surface area (Å²) in [6, 6.07) is 3.71. The standard InChI is InChI=1S/C21H23BN2O2/c1-5-9-13-17(11-6-2)22-24(18(12-7-3)16-19(25)8-4)21-20(26-22)14-10-15-23-21/h5-16,25H,3-4H2,1-2H3/b9-5-,11-6-,17-13+,18-12+,19-16+. The molecule has 0 saturated carbocycles. The Kier molecular flexibility index (Phi) is 6.86. The molecule has 0 amide bonds. The van der Waals surface area contributed by atoms with Gasteiger partial charge in [0.05, 0.1) is 0 Å². The Hall–Kier alpha value is -3.21. The molecular formula is C21H23BN2O2. The maximum Gasteiger partial charge on any atom is 0.525 e. The van der Waals surface area contributed by atoms with Crippen molar-refractivity contribution in [2.24, 2.45) is 0 Å². The van der Waals surface area contributed by atoms with Crippen molar-refractivity contribution in [3.63, 3.8) is 0 Å². The fraction of sp³-hybridized carbons (Fsp3) is 0.0952. The van der Waals surface area contributed by atoms with Crippen LogP contribution in [0.1, 0.15) is 13.8 Å². The van der Waals surface area contributed by atoms with Gasteiger partial charge in [-0.05, 0) is 43.6 Å². The van der Waals surface area contributed by atoms with E-state index >= 15 is 0 Å². The third-order valence-electron chi connectivity index (χ3n) is 3.65. The number of aromatic nitrogens is 1. The fourth-order valence-electron chi connectivity index (χ4n) is 2.56. The molecule has 2 heterocycles. The summed E-state index contributed by atoms with van der Waals surface area (Å²) in [5.41, 5.74) is 1.64. The summed E-state index contributed by atoms with van der Waals surface area (Å²) in [7, 11) is -0.424. The first-order valence-corrected chi connectivity index (χ1v) is 8.38. The largest absolute Gasteiger partial charge is 0.535 e. The van der Waals surface area contributed by atoms with E-state index in [4.69, 9.17) is 4.65 Å². The second-order valence-electron chi connectivity index (χ2n) is 5.46. The van der Waals surface area contributed by atoms with E-state index in [2.05, 4.69) is 18.1 Å². The average molecular weight is 346 g/mol. The summed E-state index contributed by atoms with van der Waals surface area (Å²) in [6.07, 6.45) is 18.0. The molecule has 5 heteroatoms. The normalized spacial score (nSPS) is 15.5. The molecule has 132 valence electrons. The minimum atomic E-state index is -0.424. The number of pyridine rings is 1. The van der Waals surface area contributed by atoms with Crippen molar-refractivity contribution in [1.82, 2.24) is 4.98 Å². The Morgan fingerprint density at radius 3 is 2.73 bits per heavy atom. The maximum atomic E-state index is 9.97. The molecule has 1 aliphatic heterocycles. The molecular weight excluding hydrogens is 323 g/mol. The van der Waals surface area contributed by atoms with Crippen molar-refractivity contribution in [2.45, 2.75) is 13.8 Å². The predicted octanol–water partition coefficient (Wildman–Crippen LogP) is 5.08. The van der Waals surface area contributed by atoms with Crippen molar-refractivity contribution in [3.8, 4) is 5.75 Å². The molecule has 2 rings (SSSR count). The topological polar surface area (TPSA) is 45.6 Å². The first kappa shape index (κ1) is 19.1. The van der Waals surface area contributed by atoms with Crippen molar-refractivity contribution in [2.75, 3.05) is 4.81 Å². The lowest BCUT2D eigenvalue weighted by Gasteiger charge is -2.23. The van der Waals surface area contributed by atoms with Crippen LogP contribution in [-0.4, -0.2) is 17.1 Å². The third-order valence-corrected chi connectivity index (χ3v) is 3.65. The van der Waals surface area contributed by atoms with Crippen LogP contribution in [-0.2, 0) is 0 Å². The molecule has 26 heavy (non-hydrogen) atoms. The van der Waals surface area contributed by atoms with Crippen LogP contribution < -0.4 is 9.47 Å². The van der Waals surface area contributed by atoms with Crippen LogP contribution in [0.15, 0.2) is 103 Å². The molecule has 0 atom stereocenters. The number of nitrogens with zero attached hydrogens (tertiary/aromatic N) is 2. The molecule has 0 aromatic carbocycles. The maximum absolute atomic E-state index is 9.97. The molecule has 0 fully saturated rings. The zero-order valence-corrected chi connectivity index (χ0v) is 15.2. The first-order valence-electron chi connectivity index (χ1n) is 8.38. The summed E-state index contributed by atoms with van der Waals surface area (Å²) >= 11 is 0. The van der Waals surface area contributed by atoms with Gasteiger partial charge in [-0.2, -0.15) is 0 Å². The molecule has 0 aliphatic carbocycles. The molecule has 1 N–H and O–H groups in total. The second kappa shape index (κ2) is 9.32. The minimum absolute atomic E-state index is 0.0475. The lowest BCUT2D eigenvalue weighted by atomic mass is 9.70. The van der Waals surface area contributed by atoms with Crippen LogP contribution in [0.5, 0.6) is 5.75 Å². The van der Waals surface area contributed by atoms with Crippen LogP contribution in [0.2, 0.25) is 0 Å². The van der Waals surface area contributed by atoms with Gasteiger partial charge in [0, 0.05) is 18.0 Å². The second-order valence-corrected chi connectivity index (χ2v) is 5.46. The molecule has 1 aromatic heterocycles. The molecule has 1 aromatic rings. The lowest BCUT2D eigenvalue weighted by molar-refractivity contribution is 0.432. The van der Waals surface area contributed by atoms with Gasteiger partial charge >= 0.3 is 7.05 Å². The van der Waals surface area contributed by atoms with Crippen LogP contribution in [0.3, 0.4) is 0 Å². The van der Waals surface area contributed by atoms with E-state index in [1.165, 1.54) is 6.08 Å². The first-order chi connectivity index (χ1) is 12.7. The van der Waals surface area contributed by atoms with Gasteiger partial charge in [-0.25, -0.2) is 4.98 Å². The molecule has 0 bridgehead atoms. The Bertz CT molecular complexity index is 819. The van der Waals surface area contributed by atoms with Crippen molar-refractivity contribution in [3.05, 3.63) is 103 Å². The van der Waals surface area contributed by atoms with Crippen molar-refractivity contribution < 1.29 is 9.76 Å². The summed E-state index contributed by atoms with van der Waals surface area (Å²) in [5.74, 6) is 1.40. The highest BCUT2D eigenvalue weighted by atomic mass is 16.5. The molecule has 0 unspecified atom stereocenters. The van der Waals surface area contributed by atoms with E-state index in [-0.39, 0.29) is 5.76 Å². The lowest BCUT2D eigenvalue weighted by Crippen LogP contribution is -2.40. The van der Waals surface area contributed by atoms with Gasteiger partial charge in [0.15, 0.2) is 5.82 Å². The van der Waals surface area contributed by atoms with Gasteiger partial charge in [0.25, 0.3) is 0 Å². The zero-order valence-electron chi connectivity index (χ0n) is 15.2. The van der Waals surface area contributed by atoms with Crippen LogP contribution in [0, 0.1) is 0 Å². The van der Waals surface area contributed by atoms with Gasteiger partial charge in [-0.3, -0.25) is 0 Å². The number of anilines is 1. The van der Waals surface area contributed by atoms with E-state index in [1.54, 1.807) is 24.4 Å². The Morgan fingerprint density at radius 2 is 2.08 bits per heavy atom. The van der Waals surface area contributed by atoms with Crippen molar-refractivity contribution in [1.29, 1.82) is 0 Å². The van der Waals surface area contributed by atoms with E-state index in [0.29, 0.717) is 17.3 Å². The number of aliphatic hydroxyl groups is 1. The molecule has 0 saturated heterocycles. The summed E-state index contributed by atoms with van der Waals surface area (Å²) in [6.45, 7) is 11.3. The summed E-state index contributed by atoms with van der Waals surface area (Å²) < 4.78 is 6.17. The third kappa shape index (κ3) is 4.25. The quantitative estimate of drug-likeness (QED) is 0.425.